The Kier molecular flexibility index (Phi) is 10.5. The molecule has 2 heterocycles. The molecule has 2 aliphatic rings. The lowest BCUT2D eigenvalue weighted by molar-refractivity contribution is 0.0169. The molecule has 0 radical (unpaired) electrons. The van der Waals surface area contributed by atoms with E-state index in [4.69, 9.17) is 14.2 Å². The topological polar surface area (TPSA) is 67.4 Å². The maximum atomic E-state index is 13.4. The van der Waals surface area contributed by atoms with Crippen LogP contribution in [-0.4, -0.2) is 83.7 Å². The van der Waals surface area contributed by atoms with Crippen molar-refractivity contribution in [2.45, 2.75) is 25.3 Å². The summed E-state index contributed by atoms with van der Waals surface area (Å²) in [5.74, 6) is 1.19. The number of nitrogens with zero attached hydrogens (tertiary/aromatic N) is 2. The van der Waals surface area contributed by atoms with E-state index in [-0.39, 0.29) is 11.9 Å². The monoisotopic (exact) mass is 436 g/mol. The molecule has 3 rings (SSSR count). The van der Waals surface area contributed by atoms with Crippen LogP contribution in [0.25, 0.3) is 0 Å². The molecule has 0 amide bonds. The summed E-state index contributed by atoms with van der Waals surface area (Å²) in [4.78, 5) is 6.72. The minimum Gasteiger partial charge on any atom is -0.381 e. The summed E-state index contributed by atoms with van der Waals surface area (Å²) in [6.45, 7) is 7.94. The lowest BCUT2D eigenvalue weighted by Crippen LogP contribution is -2.46. The molecule has 1 aromatic rings. The molecule has 7 nitrogen and oxygen atoms in total. The fourth-order valence-corrected chi connectivity index (χ4v) is 3.99. The first-order valence-electron chi connectivity index (χ1n) is 11.4. The van der Waals surface area contributed by atoms with Gasteiger partial charge < -0.3 is 24.8 Å². The van der Waals surface area contributed by atoms with E-state index in [1.807, 2.05) is 12.1 Å². The second-order valence-electron chi connectivity index (χ2n) is 8.08. The Morgan fingerprint density at radius 2 is 1.84 bits per heavy atom. The van der Waals surface area contributed by atoms with E-state index in [1.54, 1.807) is 7.05 Å². The van der Waals surface area contributed by atoms with Gasteiger partial charge in [0, 0.05) is 59.7 Å². The van der Waals surface area contributed by atoms with Gasteiger partial charge in [-0.05, 0) is 42.9 Å². The maximum Gasteiger partial charge on any atom is 0.191 e. The molecule has 1 unspecified atom stereocenters. The predicted octanol–water partition coefficient (Wildman–Crippen LogP) is 2.20. The van der Waals surface area contributed by atoms with Gasteiger partial charge >= 0.3 is 0 Å². The third kappa shape index (κ3) is 8.37. The van der Waals surface area contributed by atoms with E-state index in [9.17, 15) is 4.39 Å². The highest BCUT2D eigenvalue weighted by molar-refractivity contribution is 5.79. The van der Waals surface area contributed by atoms with E-state index in [0.717, 1.165) is 90.1 Å². The number of guanidine groups is 1. The fourth-order valence-electron chi connectivity index (χ4n) is 3.99. The zero-order valence-corrected chi connectivity index (χ0v) is 18.7. The van der Waals surface area contributed by atoms with Crippen LogP contribution in [0, 0.1) is 11.7 Å². The normalized spacial score (nSPS) is 19.9. The molecule has 1 atom stereocenters. The second kappa shape index (κ2) is 13.6. The molecular formula is C23H37FN4O3. The van der Waals surface area contributed by atoms with Crippen LogP contribution in [0.1, 0.15) is 30.9 Å². The largest absolute Gasteiger partial charge is 0.381 e. The Morgan fingerprint density at radius 3 is 2.55 bits per heavy atom. The first-order valence-corrected chi connectivity index (χ1v) is 11.4. The Balaban J connectivity index is 1.39. The van der Waals surface area contributed by atoms with Crippen LogP contribution >= 0.6 is 0 Å². The number of halogens is 1. The second-order valence-corrected chi connectivity index (χ2v) is 8.08. The number of nitrogens with one attached hydrogen (secondary N) is 2. The van der Waals surface area contributed by atoms with E-state index in [2.05, 4.69) is 20.5 Å². The predicted molar refractivity (Wildman–Crippen MR) is 120 cm³/mol. The van der Waals surface area contributed by atoms with Crippen LogP contribution in [0.3, 0.4) is 0 Å². The Morgan fingerprint density at radius 1 is 1.13 bits per heavy atom. The highest BCUT2D eigenvalue weighted by Crippen LogP contribution is 2.21. The zero-order valence-electron chi connectivity index (χ0n) is 18.7. The minimum absolute atomic E-state index is 0.130. The molecule has 2 N–H and O–H groups in total. The first-order chi connectivity index (χ1) is 15.3. The van der Waals surface area contributed by atoms with Crippen LogP contribution in [0.4, 0.5) is 4.39 Å². The van der Waals surface area contributed by atoms with Gasteiger partial charge in [-0.3, -0.25) is 9.89 Å². The molecule has 1 aromatic carbocycles. The lowest BCUT2D eigenvalue weighted by Gasteiger charge is -2.35. The third-order valence-electron chi connectivity index (χ3n) is 5.88. The Bertz CT molecular complexity index is 647. The van der Waals surface area contributed by atoms with E-state index >= 15 is 0 Å². The SMILES string of the molecule is CN=C(NCCCOCC1CCOCC1)NCC(c1ccc(F)cc1)N1CCOCC1. The van der Waals surface area contributed by atoms with Crippen LogP contribution in [0.2, 0.25) is 0 Å². The molecule has 0 bridgehead atoms. The van der Waals surface area contributed by atoms with Crippen molar-refractivity contribution in [3.63, 3.8) is 0 Å². The molecule has 0 saturated carbocycles. The van der Waals surface area contributed by atoms with Gasteiger partial charge in [0.05, 0.1) is 19.3 Å². The van der Waals surface area contributed by atoms with Crippen molar-refractivity contribution in [2.75, 3.05) is 72.9 Å². The van der Waals surface area contributed by atoms with Gasteiger partial charge in [0.15, 0.2) is 5.96 Å². The van der Waals surface area contributed by atoms with Gasteiger partial charge in [-0.2, -0.15) is 0 Å². The number of hydrogen-bond donors (Lipinski definition) is 2. The molecule has 0 spiro atoms. The standard InChI is InChI=1S/C23H37FN4O3/c1-25-23(26-9-2-12-31-18-19-7-13-29-14-8-19)27-17-22(28-10-15-30-16-11-28)20-3-5-21(24)6-4-20/h3-6,19,22H,2,7-18H2,1H3,(H2,25,26,27). The number of aliphatic imine (C=N–C) groups is 1. The fraction of sp³-hybridized carbons (Fsp3) is 0.696. The quantitative estimate of drug-likeness (QED) is 0.333. The molecule has 174 valence electrons. The smallest absolute Gasteiger partial charge is 0.191 e. The molecule has 0 aliphatic carbocycles. The van der Waals surface area contributed by atoms with Gasteiger partial charge in [-0.25, -0.2) is 4.39 Å². The molecule has 2 saturated heterocycles. The van der Waals surface area contributed by atoms with Crippen molar-refractivity contribution in [1.82, 2.24) is 15.5 Å². The van der Waals surface area contributed by atoms with Gasteiger partial charge in [0.1, 0.15) is 5.82 Å². The van der Waals surface area contributed by atoms with Crippen molar-refractivity contribution in [2.24, 2.45) is 10.9 Å². The number of rotatable bonds is 10. The van der Waals surface area contributed by atoms with Crippen LogP contribution in [0.15, 0.2) is 29.3 Å². The summed E-state index contributed by atoms with van der Waals surface area (Å²) in [5.41, 5.74) is 1.09. The summed E-state index contributed by atoms with van der Waals surface area (Å²) < 4.78 is 30.1. The number of ether oxygens (including phenoxy) is 3. The van der Waals surface area contributed by atoms with Crippen LogP contribution in [0.5, 0.6) is 0 Å². The summed E-state index contributed by atoms with van der Waals surface area (Å²) in [7, 11) is 1.78. The Labute approximate surface area is 185 Å². The van der Waals surface area contributed by atoms with Crippen molar-refractivity contribution in [3.05, 3.63) is 35.6 Å². The summed E-state index contributed by atoms with van der Waals surface area (Å²) in [6.07, 6.45) is 3.13. The van der Waals surface area contributed by atoms with Crippen molar-refractivity contribution in [3.8, 4) is 0 Å². The molecule has 0 aromatic heterocycles. The lowest BCUT2D eigenvalue weighted by atomic mass is 10.0. The number of morpholine rings is 1. The van der Waals surface area contributed by atoms with Gasteiger partial charge in [0.2, 0.25) is 0 Å². The molecule has 2 fully saturated rings. The van der Waals surface area contributed by atoms with E-state index in [0.29, 0.717) is 12.5 Å². The average molecular weight is 437 g/mol. The summed E-state index contributed by atoms with van der Waals surface area (Å²) >= 11 is 0. The van der Waals surface area contributed by atoms with Crippen molar-refractivity contribution >= 4 is 5.96 Å². The van der Waals surface area contributed by atoms with Crippen LogP contribution in [-0.2, 0) is 14.2 Å². The maximum absolute atomic E-state index is 13.4. The molecule has 2 aliphatic heterocycles. The van der Waals surface area contributed by atoms with Gasteiger partial charge in [-0.1, -0.05) is 12.1 Å². The zero-order chi connectivity index (χ0) is 21.7. The average Bonchev–Trinajstić information content (AvgIpc) is 2.82. The van der Waals surface area contributed by atoms with Gasteiger partial charge in [-0.15, -0.1) is 0 Å². The van der Waals surface area contributed by atoms with E-state index in [1.165, 1.54) is 12.1 Å². The number of benzene rings is 1. The van der Waals surface area contributed by atoms with Crippen molar-refractivity contribution < 1.29 is 18.6 Å². The highest BCUT2D eigenvalue weighted by atomic mass is 19.1. The third-order valence-corrected chi connectivity index (χ3v) is 5.88. The first kappa shape index (κ1) is 23.9. The van der Waals surface area contributed by atoms with Crippen LogP contribution < -0.4 is 10.6 Å². The highest BCUT2D eigenvalue weighted by Gasteiger charge is 2.23. The molecule has 8 heteroatoms. The summed E-state index contributed by atoms with van der Waals surface area (Å²) in [5, 5.41) is 6.79. The number of hydrogen-bond acceptors (Lipinski definition) is 5. The van der Waals surface area contributed by atoms with Crippen molar-refractivity contribution in [1.29, 1.82) is 0 Å². The summed E-state index contributed by atoms with van der Waals surface area (Å²) in [6, 6.07) is 6.91. The van der Waals surface area contributed by atoms with Gasteiger partial charge in [0.25, 0.3) is 0 Å². The molecular weight excluding hydrogens is 399 g/mol. The minimum atomic E-state index is -0.214. The Hall–Kier alpha value is -1.74. The molecule has 31 heavy (non-hydrogen) atoms. The van der Waals surface area contributed by atoms with E-state index < -0.39 is 0 Å².